The summed E-state index contributed by atoms with van der Waals surface area (Å²) in [5.41, 5.74) is 1.32. The van der Waals surface area contributed by atoms with Crippen LogP contribution in [0.15, 0.2) is 30.3 Å². The molecule has 0 heterocycles. The number of hydrogen-bond acceptors (Lipinski definition) is 2. The summed E-state index contributed by atoms with van der Waals surface area (Å²) < 4.78 is 0. The van der Waals surface area contributed by atoms with Crippen molar-refractivity contribution in [1.29, 1.82) is 0 Å². The lowest BCUT2D eigenvalue weighted by molar-refractivity contribution is -0.242. The highest BCUT2D eigenvalue weighted by Crippen LogP contribution is 1.92. The van der Waals surface area contributed by atoms with Crippen molar-refractivity contribution in [2.24, 2.45) is 0 Å². The second kappa shape index (κ2) is 9.23. The first kappa shape index (κ1) is 12.1. The molecular formula is C11H18O2. The molecule has 2 nitrogen and oxygen atoms in total. The van der Waals surface area contributed by atoms with E-state index in [1.807, 2.05) is 25.1 Å². The molecule has 1 aromatic carbocycles. The minimum Gasteiger partial charge on any atom is -0.252 e. The molecule has 2 heteroatoms. The summed E-state index contributed by atoms with van der Waals surface area (Å²) in [4.78, 5) is 3.78. The molecule has 0 saturated heterocycles. The molecule has 0 aliphatic heterocycles. The lowest BCUT2D eigenvalue weighted by Crippen LogP contribution is -1.84. The molecule has 0 fully saturated rings. The fourth-order valence-corrected chi connectivity index (χ4v) is 0.743. The number of aryl methyl sites for hydroxylation is 1. The Hall–Kier alpha value is -0.860. The first-order chi connectivity index (χ1) is 6.31. The van der Waals surface area contributed by atoms with Crippen LogP contribution in [0.1, 0.15) is 25.3 Å². The highest BCUT2D eigenvalue weighted by molar-refractivity contribution is 5.11. The monoisotopic (exact) mass is 182 g/mol. The third-order valence-corrected chi connectivity index (χ3v) is 1.53. The van der Waals surface area contributed by atoms with E-state index in [2.05, 4.69) is 23.9 Å². The molecule has 0 amide bonds. The van der Waals surface area contributed by atoms with Gasteiger partial charge in [-0.1, -0.05) is 49.2 Å². The first-order valence-electron chi connectivity index (χ1n) is 4.59. The first-order valence-corrected chi connectivity index (χ1v) is 4.59. The number of hydrogen-bond donors (Lipinski definition) is 1. The molecule has 1 N–H and O–H groups in total. The second-order valence-electron chi connectivity index (χ2n) is 2.84. The summed E-state index contributed by atoms with van der Waals surface area (Å²) in [6.07, 6.45) is 2.01. The van der Waals surface area contributed by atoms with Gasteiger partial charge in [-0.15, -0.1) is 0 Å². The van der Waals surface area contributed by atoms with Crippen molar-refractivity contribution in [2.75, 3.05) is 6.61 Å². The van der Waals surface area contributed by atoms with Gasteiger partial charge in [0.1, 0.15) is 0 Å². The van der Waals surface area contributed by atoms with Crippen molar-refractivity contribution < 1.29 is 10.1 Å². The van der Waals surface area contributed by atoms with Gasteiger partial charge in [0.05, 0.1) is 6.61 Å². The average molecular weight is 182 g/mol. The molecule has 74 valence electrons. The summed E-state index contributed by atoms with van der Waals surface area (Å²) in [5, 5.41) is 7.70. The van der Waals surface area contributed by atoms with E-state index in [-0.39, 0.29) is 0 Å². The van der Waals surface area contributed by atoms with Crippen LogP contribution in [0.5, 0.6) is 0 Å². The zero-order valence-electron chi connectivity index (χ0n) is 8.36. The van der Waals surface area contributed by atoms with E-state index < -0.39 is 0 Å². The summed E-state index contributed by atoms with van der Waals surface area (Å²) in [5.74, 6) is 0. The van der Waals surface area contributed by atoms with Gasteiger partial charge in [0.2, 0.25) is 0 Å². The maximum absolute atomic E-state index is 7.70. The molecule has 0 unspecified atom stereocenters. The number of unbranched alkanes of at least 4 members (excludes halogenated alkanes) is 1. The predicted octanol–water partition coefficient (Wildman–Crippen LogP) is 3.27. The Bertz CT molecular complexity index is 181. The SMILES string of the molecule is CCCCOO.Cc1ccccc1. The lowest BCUT2D eigenvalue weighted by Gasteiger charge is -1.87. The van der Waals surface area contributed by atoms with E-state index in [1.165, 1.54) is 5.56 Å². The minimum atomic E-state index is 0.469. The molecule has 13 heavy (non-hydrogen) atoms. The van der Waals surface area contributed by atoms with Crippen LogP contribution in [0.25, 0.3) is 0 Å². The smallest absolute Gasteiger partial charge is 0.0819 e. The Morgan fingerprint density at radius 1 is 1.23 bits per heavy atom. The maximum Gasteiger partial charge on any atom is 0.0819 e. The van der Waals surface area contributed by atoms with E-state index in [1.54, 1.807) is 0 Å². The third kappa shape index (κ3) is 9.05. The van der Waals surface area contributed by atoms with Gasteiger partial charge in [0, 0.05) is 0 Å². The predicted molar refractivity (Wildman–Crippen MR) is 54.7 cm³/mol. The molecular weight excluding hydrogens is 164 g/mol. The molecule has 0 spiro atoms. The van der Waals surface area contributed by atoms with Crippen molar-refractivity contribution in [1.82, 2.24) is 0 Å². The fraction of sp³-hybridized carbons (Fsp3) is 0.455. The van der Waals surface area contributed by atoms with Gasteiger partial charge in [-0.3, -0.25) is 5.26 Å². The third-order valence-electron chi connectivity index (χ3n) is 1.53. The van der Waals surface area contributed by atoms with Gasteiger partial charge in [0.15, 0.2) is 0 Å². The molecule has 0 aliphatic rings. The molecule has 0 aliphatic carbocycles. The van der Waals surface area contributed by atoms with Crippen molar-refractivity contribution in [3.63, 3.8) is 0 Å². The zero-order chi connectivity index (χ0) is 9.94. The molecule has 0 aromatic heterocycles. The van der Waals surface area contributed by atoms with Crippen LogP contribution in [0.2, 0.25) is 0 Å². The van der Waals surface area contributed by atoms with Crippen molar-refractivity contribution >= 4 is 0 Å². The summed E-state index contributed by atoms with van der Waals surface area (Å²) in [6.45, 7) is 4.59. The van der Waals surface area contributed by atoms with Crippen molar-refractivity contribution in [3.05, 3.63) is 35.9 Å². The van der Waals surface area contributed by atoms with Gasteiger partial charge in [-0.2, -0.15) is 0 Å². The number of benzene rings is 1. The van der Waals surface area contributed by atoms with E-state index in [0.29, 0.717) is 6.61 Å². The van der Waals surface area contributed by atoms with Crippen molar-refractivity contribution in [2.45, 2.75) is 26.7 Å². The number of rotatable bonds is 3. The van der Waals surface area contributed by atoms with Crippen LogP contribution in [-0.4, -0.2) is 11.9 Å². The Labute approximate surface area is 80.1 Å². The summed E-state index contributed by atoms with van der Waals surface area (Å²) in [7, 11) is 0. The Kier molecular flexibility index (Phi) is 8.62. The van der Waals surface area contributed by atoms with Gasteiger partial charge in [-0.05, 0) is 13.3 Å². The molecule has 0 atom stereocenters. The maximum atomic E-state index is 7.70. The highest BCUT2D eigenvalue weighted by atomic mass is 17.1. The van der Waals surface area contributed by atoms with Gasteiger partial charge < -0.3 is 0 Å². The summed E-state index contributed by atoms with van der Waals surface area (Å²) in [6, 6.07) is 10.3. The minimum absolute atomic E-state index is 0.469. The molecule has 0 bridgehead atoms. The second-order valence-corrected chi connectivity index (χ2v) is 2.84. The van der Waals surface area contributed by atoms with E-state index in [4.69, 9.17) is 5.26 Å². The van der Waals surface area contributed by atoms with Crippen LogP contribution in [0.3, 0.4) is 0 Å². The molecule has 0 saturated carbocycles. The van der Waals surface area contributed by atoms with E-state index in [9.17, 15) is 0 Å². The quantitative estimate of drug-likeness (QED) is 0.441. The van der Waals surface area contributed by atoms with Crippen LogP contribution in [0.4, 0.5) is 0 Å². The van der Waals surface area contributed by atoms with Crippen LogP contribution < -0.4 is 0 Å². The average Bonchev–Trinajstić information content (AvgIpc) is 2.17. The van der Waals surface area contributed by atoms with E-state index in [0.717, 1.165) is 12.8 Å². The van der Waals surface area contributed by atoms with Crippen LogP contribution in [-0.2, 0) is 4.89 Å². The lowest BCUT2D eigenvalue weighted by atomic mass is 10.2. The van der Waals surface area contributed by atoms with Gasteiger partial charge in [0.25, 0.3) is 0 Å². The molecule has 0 radical (unpaired) electrons. The Balaban J connectivity index is 0.000000226. The molecule has 1 aromatic rings. The standard InChI is InChI=1S/C7H8.C4H10O2/c1-7-5-3-2-4-6-7;1-2-3-4-6-5/h2-6H,1H3;5H,2-4H2,1H3. The van der Waals surface area contributed by atoms with Gasteiger partial charge >= 0.3 is 0 Å². The normalized spacial score (nSPS) is 8.85. The van der Waals surface area contributed by atoms with Gasteiger partial charge in [-0.25, -0.2) is 4.89 Å². The topological polar surface area (TPSA) is 29.5 Å². The van der Waals surface area contributed by atoms with Crippen molar-refractivity contribution in [3.8, 4) is 0 Å². The Morgan fingerprint density at radius 2 is 1.85 bits per heavy atom. The molecule has 1 rings (SSSR count). The van der Waals surface area contributed by atoms with Crippen LogP contribution >= 0.6 is 0 Å². The largest absolute Gasteiger partial charge is 0.252 e. The Morgan fingerprint density at radius 3 is 2.08 bits per heavy atom. The van der Waals surface area contributed by atoms with Crippen LogP contribution in [0, 0.1) is 6.92 Å². The fourth-order valence-electron chi connectivity index (χ4n) is 0.743. The zero-order valence-corrected chi connectivity index (χ0v) is 8.36. The van der Waals surface area contributed by atoms with E-state index >= 15 is 0 Å². The highest BCUT2D eigenvalue weighted by Gasteiger charge is 1.76. The summed E-state index contributed by atoms with van der Waals surface area (Å²) >= 11 is 0.